The number of likely N-dealkylation sites (N-methyl/N-ethyl adjacent to an activating group) is 1. The maximum Gasteiger partial charge on any atom is 0.313 e. The highest BCUT2D eigenvalue weighted by atomic mass is 16.5. The third-order valence-electron chi connectivity index (χ3n) is 5.01. The minimum Gasteiger partial charge on any atom is -0.497 e. The number of nitrogens with zero attached hydrogens (tertiary/aromatic N) is 1. The van der Waals surface area contributed by atoms with Gasteiger partial charge < -0.3 is 14.4 Å². The number of methoxy groups -OCH3 is 1. The zero-order valence-corrected chi connectivity index (χ0v) is 14.6. The second kappa shape index (κ2) is 7.22. The number of hydrogen-bond acceptors (Lipinski definition) is 4. The van der Waals surface area contributed by atoms with Crippen LogP contribution in [0.3, 0.4) is 0 Å². The molecular formula is C20H25NO3. The first kappa shape index (κ1) is 16.8. The van der Waals surface area contributed by atoms with E-state index in [-0.39, 0.29) is 11.9 Å². The van der Waals surface area contributed by atoms with E-state index >= 15 is 0 Å². The third-order valence-corrected chi connectivity index (χ3v) is 5.01. The van der Waals surface area contributed by atoms with Crippen molar-refractivity contribution in [1.82, 2.24) is 4.90 Å². The van der Waals surface area contributed by atoms with Crippen molar-refractivity contribution in [2.45, 2.75) is 31.7 Å². The van der Waals surface area contributed by atoms with Gasteiger partial charge in [-0.2, -0.15) is 0 Å². The molecule has 0 spiro atoms. The molecule has 0 saturated carbocycles. The van der Waals surface area contributed by atoms with Crippen molar-refractivity contribution in [3.8, 4) is 5.75 Å². The van der Waals surface area contributed by atoms with Gasteiger partial charge in [0.25, 0.3) is 0 Å². The molecule has 0 amide bonds. The molecule has 3 rings (SSSR count). The summed E-state index contributed by atoms with van der Waals surface area (Å²) >= 11 is 0. The van der Waals surface area contributed by atoms with Crippen LogP contribution in [0.15, 0.2) is 36.4 Å². The molecule has 1 heterocycles. The maximum atomic E-state index is 12.4. The molecule has 2 aromatic rings. The van der Waals surface area contributed by atoms with Crippen molar-refractivity contribution in [2.75, 3.05) is 27.3 Å². The van der Waals surface area contributed by atoms with Crippen LogP contribution in [0.4, 0.5) is 0 Å². The zero-order valence-electron chi connectivity index (χ0n) is 14.6. The number of ether oxygens (including phenoxy) is 2. The topological polar surface area (TPSA) is 38.8 Å². The summed E-state index contributed by atoms with van der Waals surface area (Å²) in [5.74, 6) is 0.426. The van der Waals surface area contributed by atoms with Gasteiger partial charge >= 0.3 is 5.97 Å². The Morgan fingerprint density at radius 1 is 1.25 bits per heavy atom. The van der Waals surface area contributed by atoms with E-state index in [9.17, 15) is 4.79 Å². The zero-order chi connectivity index (χ0) is 17.1. The van der Waals surface area contributed by atoms with Crippen LogP contribution < -0.4 is 4.74 Å². The van der Waals surface area contributed by atoms with Gasteiger partial charge in [-0.15, -0.1) is 0 Å². The van der Waals surface area contributed by atoms with Crippen LogP contribution in [0.25, 0.3) is 10.8 Å². The number of likely N-dealkylation sites (tertiary alicyclic amines) is 1. The molecule has 0 unspecified atom stereocenters. The van der Waals surface area contributed by atoms with Crippen molar-refractivity contribution < 1.29 is 14.3 Å². The van der Waals surface area contributed by atoms with Gasteiger partial charge in [0, 0.05) is 6.04 Å². The Balaban J connectivity index is 1.68. The molecule has 2 aromatic carbocycles. The first-order valence-electron chi connectivity index (χ1n) is 8.53. The Labute approximate surface area is 143 Å². The van der Waals surface area contributed by atoms with Gasteiger partial charge in [-0.25, -0.2) is 0 Å². The molecular weight excluding hydrogens is 302 g/mol. The van der Waals surface area contributed by atoms with Gasteiger partial charge in [0.05, 0.1) is 13.0 Å². The molecule has 2 atom stereocenters. The standard InChI is InChI=1S/C20H25NO3/c1-14(20(22)24-13-18-5-4-10-21(18)2)15-6-7-17-12-19(23-3)9-8-16(17)11-15/h6-9,11-12,14,18H,4-5,10,13H2,1-3H3/t14-,18-/m0/s1. The molecule has 0 N–H and O–H groups in total. The van der Waals surface area contributed by atoms with E-state index in [4.69, 9.17) is 9.47 Å². The molecule has 0 aromatic heterocycles. The molecule has 0 radical (unpaired) electrons. The van der Waals surface area contributed by atoms with Crippen molar-refractivity contribution >= 4 is 16.7 Å². The number of hydrogen-bond donors (Lipinski definition) is 0. The van der Waals surface area contributed by atoms with Gasteiger partial charge in [0.15, 0.2) is 0 Å². The summed E-state index contributed by atoms with van der Waals surface area (Å²) < 4.78 is 10.8. The number of benzene rings is 2. The Morgan fingerprint density at radius 2 is 2.00 bits per heavy atom. The third kappa shape index (κ3) is 3.54. The summed E-state index contributed by atoms with van der Waals surface area (Å²) in [4.78, 5) is 14.6. The van der Waals surface area contributed by atoms with E-state index in [0.29, 0.717) is 12.6 Å². The van der Waals surface area contributed by atoms with Gasteiger partial charge in [0.2, 0.25) is 0 Å². The van der Waals surface area contributed by atoms with Crippen LogP contribution in [0, 0.1) is 0 Å². The van der Waals surface area contributed by atoms with E-state index < -0.39 is 0 Å². The fourth-order valence-electron chi connectivity index (χ4n) is 3.27. The van der Waals surface area contributed by atoms with Gasteiger partial charge in [-0.1, -0.05) is 24.3 Å². The molecule has 1 fully saturated rings. The normalized spacial score (nSPS) is 19.4. The molecule has 0 aliphatic carbocycles. The second-order valence-electron chi connectivity index (χ2n) is 6.60. The lowest BCUT2D eigenvalue weighted by molar-refractivity contribution is -0.146. The van der Waals surface area contributed by atoms with E-state index in [1.54, 1.807) is 7.11 Å². The number of fused-ring (bicyclic) bond motifs is 1. The summed E-state index contributed by atoms with van der Waals surface area (Å²) in [5.41, 5.74) is 0.984. The fourth-order valence-corrected chi connectivity index (χ4v) is 3.27. The summed E-state index contributed by atoms with van der Waals surface area (Å²) in [5, 5.41) is 2.20. The van der Waals surface area contributed by atoms with Crippen LogP contribution in [-0.2, 0) is 9.53 Å². The minimum absolute atomic E-state index is 0.150. The SMILES string of the molecule is COc1ccc2cc([C@H](C)C(=O)OC[C@@H]3CCCN3C)ccc2c1. The lowest BCUT2D eigenvalue weighted by Crippen LogP contribution is -2.31. The van der Waals surface area contributed by atoms with Gasteiger partial charge in [-0.3, -0.25) is 4.79 Å². The van der Waals surface area contributed by atoms with E-state index in [2.05, 4.69) is 18.0 Å². The Hall–Kier alpha value is -2.07. The van der Waals surface area contributed by atoms with Crippen LogP contribution in [0.1, 0.15) is 31.2 Å². The smallest absolute Gasteiger partial charge is 0.313 e. The highest BCUT2D eigenvalue weighted by molar-refractivity contribution is 5.86. The van der Waals surface area contributed by atoms with Crippen LogP contribution >= 0.6 is 0 Å². The van der Waals surface area contributed by atoms with Crippen LogP contribution in [-0.4, -0.2) is 44.2 Å². The molecule has 0 bridgehead atoms. The van der Waals surface area contributed by atoms with Crippen LogP contribution in [0.2, 0.25) is 0 Å². The average Bonchev–Trinajstić information content (AvgIpc) is 3.03. The lowest BCUT2D eigenvalue weighted by atomic mass is 9.98. The van der Waals surface area contributed by atoms with Gasteiger partial charge in [0.1, 0.15) is 12.4 Å². The highest BCUT2D eigenvalue weighted by Crippen LogP contribution is 2.26. The van der Waals surface area contributed by atoms with E-state index in [1.807, 2.05) is 37.3 Å². The molecule has 1 saturated heterocycles. The molecule has 1 aliphatic rings. The average molecular weight is 327 g/mol. The molecule has 24 heavy (non-hydrogen) atoms. The number of carbonyl (C=O) groups excluding carboxylic acids is 1. The quantitative estimate of drug-likeness (QED) is 0.787. The largest absolute Gasteiger partial charge is 0.497 e. The molecule has 4 nitrogen and oxygen atoms in total. The number of carbonyl (C=O) groups is 1. The first-order valence-corrected chi connectivity index (χ1v) is 8.53. The summed E-state index contributed by atoms with van der Waals surface area (Å²) in [7, 11) is 3.75. The van der Waals surface area contributed by atoms with Crippen molar-refractivity contribution in [3.05, 3.63) is 42.0 Å². The van der Waals surface area contributed by atoms with Crippen molar-refractivity contribution in [1.29, 1.82) is 0 Å². The molecule has 1 aliphatic heterocycles. The molecule has 128 valence electrons. The van der Waals surface area contributed by atoms with Gasteiger partial charge in [-0.05, 0) is 61.8 Å². The summed E-state index contributed by atoms with van der Waals surface area (Å²) in [6, 6.07) is 12.4. The maximum absolute atomic E-state index is 12.4. The molecule has 4 heteroatoms. The predicted molar refractivity (Wildman–Crippen MR) is 95.5 cm³/mol. The van der Waals surface area contributed by atoms with Crippen LogP contribution in [0.5, 0.6) is 5.75 Å². The van der Waals surface area contributed by atoms with E-state index in [0.717, 1.165) is 35.1 Å². The minimum atomic E-state index is -0.261. The Kier molecular flexibility index (Phi) is 5.05. The first-order chi connectivity index (χ1) is 11.6. The summed E-state index contributed by atoms with van der Waals surface area (Å²) in [6.45, 7) is 3.49. The second-order valence-corrected chi connectivity index (χ2v) is 6.60. The van der Waals surface area contributed by atoms with Crippen molar-refractivity contribution in [3.63, 3.8) is 0 Å². The summed E-state index contributed by atoms with van der Waals surface area (Å²) in [6.07, 6.45) is 2.29. The van der Waals surface area contributed by atoms with Crippen molar-refractivity contribution in [2.24, 2.45) is 0 Å². The fraction of sp³-hybridized carbons (Fsp3) is 0.450. The monoisotopic (exact) mass is 327 g/mol. The Bertz CT molecular complexity index is 728. The number of rotatable bonds is 5. The van der Waals surface area contributed by atoms with E-state index in [1.165, 1.54) is 6.42 Å². The highest BCUT2D eigenvalue weighted by Gasteiger charge is 2.24. The predicted octanol–water partition coefficient (Wildman–Crippen LogP) is 3.59. The number of esters is 1. The lowest BCUT2D eigenvalue weighted by Gasteiger charge is -2.20. The Morgan fingerprint density at radius 3 is 2.71 bits per heavy atom.